The van der Waals surface area contributed by atoms with Gasteiger partial charge in [-0.1, -0.05) is 24.3 Å². The molecule has 0 heterocycles. The number of phenolic OH excluding ortho intramolecular Hbond substituents is 2. The first-order chi connectivity index (χ1) is 12.3. The van der Waals surface area contributed by atoms with Crippen LogP contribution in [0.2, 0.25) is 0 Å². The first kappa shape index (κ1) is 18.7. The number of para-hydroxylation sites is 1. The van der Waals surface area contributed by atoms with Crippen LogP contribution in [-0.4, -0.2) is 30.9 Å². The van der Waals surface area contributed by atoms with Crippen LogP contribution < -0.4 is 5.32 Å². The Balaban J connectivity index is 1.64. The lowest BCUT2D eigenvalue weighted by Crippen LogP contribution is -2.29. The Bertz CT molecular complexity index is 877. The molecular formula is C20H25NO4S. The summed E-state index contributed by atoms with van der Waals surface area (Å²) in [6, 6.07) is 12.4. The standard InChI is InChI=1S/C20H25NO4S/c1-13(18-4-3-5-19(22)20(18)23)21-16-9-6-15(12-16)14-7-10-17(11-8-14)26(2,24)25/h3-5,7-8,10-11,13,15-16,21-23H,6,9,12H2,1-2H3. The summed E-state index contributed by atoms with van der Waals surface area (Å²) in [5.74, 6) is 0.218. The molecule has 2 aromatic rings. The van der Waals surface area contributed by atoms with Gasteiger partial charge in [-0.2, -0.15) is 0 Å². The zero-order valence-corrected chi connectivity index (χ0v) is 15.8. The summed E-state index contributed by atoms with van der Waals surface area (Å²) >= 11 is 0. The Morgan fingerprint density at radius 1 is 1.08 bits per heavy atom. The molecule has 1 aliphatic carbocycles. The molecule has 3 rings (SSSR count). The van der Waals surface area contributed by atoms with Gasteiger partial charge in [0.1, 0.15) is 0 Å². The van der Waals surface area contributed by atoms with Crippen LogP contribution in [0.1, 0.15) is 49.3 Å². The van der Waals surface area contributed by atoms with E-state index in [4.69, 9.17) is 0 Å². The van der Waals surface area contributed by atoms with Crippen molar-refractivity contribution in [3.63, 3.8) is 0 Å². The fraction of sp³-hybridized carbons (Fsp3) is 0.400. The van der Waals surface area contributed by atoms with Crippen LogP contribution >= 0.6 is 0 Å². The molecule has 0 radical (unpaired) electrons. The third-order valence-electron chi connectivity index (χ3n) is 5.21. The van der Waals surface area contributed by atoms with Crippen molar-refractivity contribution in [3.05, 3.63) is 53.6 Å². The Morgan fingerprint density at radius 2 is 1.77 bits per heavy atom. The van der Waals surface area contributed by atoms with E-state index in [0.717, 1.165) is 24.8 Å². The lowest BCUT2D eigenvalue weighted by molar-refractivity contribution is 0.385. The van der Waals surface area contributed by atoms with Gasteiger partial charge >= 0.3 is 0 Å². The number of rotatable bonds is 5. The summed E-state index contributed by atoms with van der Waals surface area (Å²) < 4.78 is 23.2. The minimum absolute atomic E-state index is 0.0709. The number of hydrogen-bond donors (Lipinski definition) is 3. The van der Waals surface area contributed by atoms with Gasteiger partial charge in [0.2, 0.25) is 0 Å². The van der Waals surface area contributed by atoms with Crippen molar-refractivity contribution >= 4 is 9.84 Å². The van der Waals surface area contributed by atoms with Gasteiger partial charge in [0, 0.05) is 23.9 Å². The fourth-order valence-corrected chi connectivity index (χ4v) is 4.39. The van der Waals surface area contributed by atoms with Gasteiger partial charge in [0.15, 0.2) is 21.3 Å². The van der Waals surface area contributed by atoms with E-state index < -0.39 is 9.84 Å². The normalized spacial score (nSPS) is 21.6. The fourth-order valence-electron chi connectivity index (χ4n) is 3.76. The number of nitrogens with one attached hydrogen (secondary N) is 1. The van der Waals surface area contributed by atoms with Gasteiger partial charge in [-0.3, -0.25) is 0 Å². The van der Waals surface area contributed by atoms with E-state index >= 15 is 0 Å². The van der Waals surface area contributed by atoms with E-state index in [9.17, 15) is 18.6 Å². The van der Waals surface area contributed by atoms with Gasteiger partial charge in [0.25, 0.3) is 0 Å². The average Bonchev–Trinajstić information content (AvgIpc) is 3.05. The summed E-state index contributed by atoms with van der Waals surface area (Å²) in [7, 11) is -3.16. The summed E-state index contributed by atoms with van der Waals surface area (Å²) in [5, 5.41) is 23.2. The van der Waals surface area contributed by atoms with E-state index in [0.29, 0.717) is 22.4 Å². The van der Waals surface area contributed by atoms with E-state index in [-0.39, 0.29) is 17.5 Å². The Hall–Kier alpha value is -2.05. The summed E-state index contributed by atoms with van der Waals surface area (Å²) in [6.07, 6.45) is 4.23. The second-order valence-corrected chi connectivity index (χ2v) is 9.17. The maximum absolute atomic E-state index is 11.6. The number of hydrogen-bond acceptors (Lipinski definition) is 5. The third-order valence-corrected chi connectivity index (χ3v) is 6.34. The monoisotopic (exact) mass is 375 g/mol. The summed E-state index contributed by atoms with van der Waals surface area (Å²) in [5.41, 5.74) is 1.85. The van der Waals surface area contributed by atoms with Crippen LogP contribution in [0.15, 0.2) is 47.4 Å². The zero-order valence-electron chi connectivity index (χ0n) is 15.0. The van der Waals surface area contributed by atoms with Gasteiger partial charge in [0.05, 0.1) is 4.90 Å². The first-order valence-corrected chi connectivity index (χ1v) is 10.7. The predicted octanol–water partition coefficient (Wildman–Crippen LogP) is 3.49. The highest BCUT2D eigenvalue weighted by Gasteiger charge is 2.27. The highest BCUT2D eigenvalue weighted by Crippen LogP contribution is 2.37. The van der Waals surface area contributed by atoms with Crippen molar-refractivity contribution in [2.75, 3.05) is 6.26 Å². The molecule has 140 valence electrons. The quantitative estimate of drug-likeness (QED) is 0.697. The average molecular weight is 375 g/mol. The van der Waals surface area contributed by atoms with Crippen molar-refractivity contribution < 1.29 is 18.6 Å². The number of sulfone groups is 1. The van der Waals surface area contributed by atoms with Crippen molar-refractivity contribution in [1.29, 1.82) is 0 Å². The van der Waals surface area contributed by atoms with Crippen LogP contribution in [-0.2, 0) is 9.84 Å². The molecule has 3 atom stereocenters. The van der Waals surface area contributed by atoms with Gasteiger partial charge in [-0.05, 0) is 55.9 Å². The Labute approximate surface area is 154 Å². The largest absolute Gasteiger partial charge is 0.504 e. The molecule has 6 heteroatoms. The lowest BCUT2D eigenvalue weighted by atomic mass is 9.97. The topological polar surface area (TPSA) is 86.6 Å². The van der Waals surface area contributed by atoms with Crippen LogP contribution in [0.4, 0.5) is 0 Å². The van der Waals surface area contributed by atoms with Crippen LogP contribution in [0.5, 0.6) is 11.5 Å². The Kier molecular flexibility index (Phi) is 5.25. The highest BCUT2D eigenvalue weighted by atomic mass is 32.2. The second kappa shape index (κ2) is 7.29. The molecular weight excluding hydrogens is 350 g/mol. The van der Waals surface area contributed by atoms with Crippen LogP contribution in [0.3, 0.4) is 0 Å². The minimum atomic E-state index is -3.16. The molecule has 1 saturated carbocycles. The van der Waals surface area contributed by atoms with Crippen molar-refractivity contribution in [3.8, 4) is 11.5 Å². The number of benzene rings is 2. The Morgan fingerprint density at radius 3 is 2.42 bits per heavy atom. The van der Waals surface area contributed by atoms with E-state index in [1.54, 1.807) is 18.2 Å². The van der Waals surface area contributed by atoms with Gasteiger partial charge in [-0.15, -0.1) is 0 Å². The van der Waals surface area contributed by atoms with Gasteiger partial charge < -0.3 is 15.5 Å². The highest BCUT2D eigenvalue weighted by molar-refractivity contribution is 7.90. The van der Waals surface area contributed by atoms with E-state index in [2.05, 4.69) is 5.32 Å². The molecule has 0 saturated heterocycles. The van der Waals surface area contributed by atoms with E-state index in [1.807, 2.05) is 25.1 Å². The third kappa shape index (κ3) is 4.02. The molecule has 1 aliphatic rings. The van der Waals surface area contributed by atoms with Crippen LogP contribution in [0.25, 0.3) is 0 Å². The summed E-state index contributed by atoms with van der Waals surface area (Å²) in [4.78, 5) is 0.349. The molecule has 5 nitrogen and oxygen atoms in total. The molecule has 26 heavy (non-hydrogen) atoms. The molecule has 2 aromatic carbocycles. The maximum Gasteiger partial charge on any atom is 0.175 e. The lowest BCUT2D eigenvalue weighted by Gasteiger charge is -2.21. The smallest absolute Gasteiger partial charge is 0.175 e. The number of phenols is 2. The first-order valence-electron chi connectivity index (χ1n) is 8.82. The molecule has 1 fully saturated rings. The molecule has 3 N–H and O–H groups in total. The molecule has 0 aliphatic heterocycles. The molecule has 0 aromatic heterocycles. The number of aromatic hydroxyl groups is 2. The molecule has 3 unspecified atom stereocenters. The maximum atomic E-state index is 11.6. The minimum Gasteiger partial charge on any atom is -0.504 e. The van der Waals surface area contributed by atoms with Crippen molar-refractivity contribution in [2.24, 2.45) is 0 Å². The van der Waals surface area contributed by atoms with Crippen molar-refractivity contribution in [1.82, 2.24) is 5.32 Å². The molecule has 0 amide bonds. The van der Waals surface area contributed by atoms with E-state index in [1.165, 1.54) is 12.3 Å². The van der Waals surface area contributed by atoms with Gasteiger partial charge in [-0.25, -0.2) is 8.42 Å². The van der Waals surface area contributed by atoms with Crippen LogP contribution in [0, 0.1) is 0 Å². The molecule has 0 spiro atoms. The zero-order chi connectivity index (χ0) is 18.9. The van der Waals surface area contributed by atoms with Crippen molar-refractivity contribution in [2.45, 2.75) is 49.1 Å². The second-order valence-electron chi connectivity index (χ2n) is 7.15. The SMILES string of the molecule is CC(NC1CCC(c2ccc(S(C)(=O)=O)cc2)C1)c1cccc(O)c1O. The predicted molar refractivity (Wildman–Crippen MR) is 101 cm³/mol. The summed E-state index contributed by atoms with van der Waals surface area (Å²) in [6.45, 7) is 1.97. The molecule has 0 bridgehead atoms.